The molecule has 0 amide bonds. The van der Waals surface area contributed by atoms with Gasteiger partial charge in [-0.15, -0.1) is 0 Å². The highest BCUT2D eigenvalue weighted by atomic mass is 16.5. The molecule has 1 aliphatic heterocycles. The van der Waals surface area contributed by atoms with Crippen molar-refractivity contribution in [2.45, 2.75) is 95.6 Å². The average Bonchev–Trinajstić information content (AvgIpc) is 2.72. The average molecular weight is 287 g/mol. The van der Waals surface area contributed by atoms with Crippen LogP contribution in [0.4, 0.5) is 0 Å². The Labute approximate surface area is 129 Å². The zero-order chi connectivity index (χ0) is 14.1. The van der Waals surface area contributed by atoms with E-state index in [0.29, 0.717) is 12.1 Å². The van der Waals surface area contributed by atoms with Crippen LogP contribution in [0.5, 0.6) is 0 Å². The summed E-state index contributed by atoms with van der Waals surface area (Å²) >= 11 is 0. The molecule has 1 heterocycles. The molecule has 4 aliphatic rings. The molecule has 0 N–H and O–H groups in total. The fourth-order valence-corrected chi connectivity index (χ4v) is 4.81. The van der Waals surface area contributed by atoms with Gasteiger partial charge in [0.15, 0.2) is 0 Å². The third-order valence-corrected chi connectivity index (χ3v) is 5.98. The normalized spacial score (nSPS) is 34.4. The van der Waals surface area contributed by atoms with E-state index in [-0.39, 0.29) is 0 Å². The number of rotatable bonds is 1. The molecule has 0 aromatic carbocycles. The number of hydrogen-bond donors (Lipinski definition) is 0. The molecule has 21 heavy (non-hydrogen) atoms. The topological polar surface area (TPSA) is 21.6 Å². The first-order valence-electron chi connectivity index (χ1n) is 9.38. The van der Waals surface area contributed by atoms with E-state index < -0.39 is 0 Å². The number of fused-ring (bicyclic) bond motifs is 1. The minimum absolute atomic E-state index is 0.392. The highest BCUT2D eigenvalue weighted by Gasteiger charge is 2.35. The lowest BCUT2D eigenvalue weighted by molar-refractivity contribution is 0.0601. The van der Waals surface area contributed by atoms with Crippen LogP contribution >= 0.6 is 0 Å². The van der Waals surface area contributed by atoms with Gasteiger partial charge in [0, 0.05) is 23.6 Å². The summed E-state index contributed by atoms with van der Waals surface area (Å²) in [6.07, 6.45) is 17.6. The van der Waals surface area contributed by atoms with Crippen LogP contribution in [0.2, 0.25) is 0 Å². The summed E-state index contributed by atoms with van der Waals surface area (Å²) in [4.78, 5) is 5.34. The third-order valence-electron chi connectivity index (χ3n) is 5.98. The number of hydrogen-bond acceptors (Lipinski definition) is 2. The van der Waals surface area contributed by atoms with E-state index in [0.717, 1.165) is 5.92 Å². The minimum atomic E-state index is 0.392. The van der Waals surface area contributed by atoms with Crippen molar-refractivity contribution >= 4 is 5.71 Å². The monoisotopic (exact) mass is 287 g/mol. The second kappa shape index (κ2) is 6.14. The zero-order valence-electron chi connectivity index (χ0n) is 13.3. The standard InChI is InChI=1S/C19H29NO/c1-2-8-14(9-3-1)19-15-10-4-6-12-17(15)21-18-13-7-5-11-16(18)20-19/h14,16,18H,1-13H2. The molecule has 0 bridgehead atoms. The largest absolute Gasteiger partial charge is 0.492 e. The van der Waals surface area contributed by atoms with Crippen molar-refractivity contribution in [3.8, 4) is 0 Å². The summed E-state index contributed by atoms with van der Waals surface area (Å²) in [7, 11) is 0. The minimum Gasteiger partial charge on any atom is -0.492 e. The number of allylic oxidation sites excluding steroid dienone is 2. The Hall–Kier alpha value is -0.790. The maximum atomic E-state index is 6.51. The van der Waals surface area contributed by atoms with Crippen molar-refractivity contribution in [2.24, 2.45) is 10.9 Å². The molecule has 0 radical (unpaired) electrons. The molecule has 0 spiro atoms. The van der Waals surface area contributed by atoms with E-state index in [1.54, 1.807) is 5.57 Å². The molecular weight excluding hydrogens is 258 g/mol. The molecule has 2 heteroatoms. The van der Waals surface area contributed by atoms with E-state index in [2.05, 4.69) is 0 Å². The summed E-state index contributed by atoms with van der Waals surface area (Å²) < 4.78 is 6.51. The van der Waals surface area contributed by atoms with Crippen LogP contribution in [0, 0.1) is 5.92 Å². The van der Waals surface area contributed by atoms with Crippen LogP contribution in [0.3, 0.4) is 0 Å². The van der Waals surface area contributed by atoms with Gasteiger partial charge in [0.2, 0.25) is 0 Å². The first-order valence-corrected chi connectivity index (χ1v) is 9.38. The van der Waals surface area contributed by atoms with Crippen LogP contribution < -0.4 is 0 Å². The second-order valence-electron chi connectivity index (χ2n) is 7.47. The molecule has 2 fully saturated rings. The predicted octanol–water partition coefficient (Wildman–Crippen LogP) is 5.18. The van der Waals surface area contributed by atoms with Gasteiger partial charge in [-0.2, -0.15) is 0 Å². The Bertz CT molecular complexity index is 444. The Morgan fingerprint density at radius 3 is 2.43 bits per heavy atom. The lowest BCUT2D eigenvalue weighted by Gasteiger charge is -2.29. The van der Waals surface area contributed by atoms with Gasteiger partial charge in [0.1, 0.15) is 11.9 Å². The molecular formula is C19H29NO. The van der Waals surface area contributed by atoms with Crippen molar-refractivity contribution in [1.82, 2.24) is 0 Å². The van der Waals surface area contributed by atoms with E-state index in [9.17, 15) is 0 Å². The third kappa shape index (κ3) is 2.78. The molecule has 0 saturated heterocycles. The molecule has 2 saturated carbocycles. The summed E-state index contributed by atoms with van der Waals surface area (Å²) in [6, 6.07) is 0.460. The van der Waals surface area contributed by atoms with Gasteiger partial charge in [-0.05, 0) is 51.4 Å². The molecule has 3 aliphatic carbocycles. The van der Waals surface area contributed by atoms with Crippen LogP contribution in [0.15, 0.2) is 16.3 Å². The fraction of sp³-hybridized carbons (Fsp3) is 0.842. The van der Waals surface area contributed by atoms with Crippen LogP contribution in [0.1, 0.15) is 83.5 Å². The van der Waals surface area contributed by atoms with Crippen LogP contribution in [-0.2, 0) is 4.74 Å². The molecule has 2 unspecified atom stereocenters. The number of ether oxygens (including phenoxy) is 1. The van der Waals surface area contributed by atoms with Crippen molar-refractivity contribution < 1.29 is 4.74 Å². The zero-order valence-corrected chi connectivity index (χ0v) is 13.3. The first kappa shape index (κ1) is 13.8. The summed E-state index contributed by atoms with van der Waals surface area (Å²) in [6.45, 7) is 0. The van der Waals surface area contributed by atoms with Crippen molar-refractivity contribution in [3.05, 3.63) is 11.3 Å². The van der Waals surface area contributed by atoms with E-state index >= 15 is 0 Å². The molecule has 0 aromatic heterocycles. The van der Waals surface area contributed by atoms with Crippen LogP contribution in [-0.4, -0.2) is 17.9 Å². The highest BCUT2D eigenvalue weighted by Crippen LogP contribution is 2.39. The quantitative estimate of drug-likeness (QED) is 0.651. The van der Waals surface area contributed by atoms with E-state index in [4.69, 9.17) is 9.73 Å². The second-order valence-corrected chi connectivity index (χ2v) is 7.47. The van der Waals surface area contributed by atoms with Crippen LogP contribution in [0.25, 0.3) is 0 Å². The van der Waals surface area contributed by atoms with Crippen molar-refractivity contribution in [1.29, 1.82) is 0 Å². The Balaban J connectivity index is 1.68. The lowest BCUT2D eigenvalue weighted by Crippen LogP contribution is -2.31. The van der Waals surface area contributed by atoms with Crippen molar-refractivity contribution in [3.63, 3.8) is 0 Å². The van der Waals surface area contributed by atoms with Gasteiger partial charge in [0.25, 0.3) is 0 Å². The first-order chi connectivity index (χ1) is 10.4. The molecule has 4 rings (SSSR count). The van der Waals surface area contributed by atoms with Gasteiger partial charge < -0.3 is 4.74 Å². The van der Waals surface area contributed by atoms with Gasteiger partial charge >= 0.3 is 0 Å². The Morgan fingerprint density at radius 1 is 0.762 bits per heavy atom. The molecule has 2 atom stereocenters. The van der Waals surface area contributed by atoms with E-state index in [1.165, 1.54) is 94.9 Å². The highest BCUT2D eigenvalue weighted by molar-refractivity contribution is 6.02. The summed E-state index contributed by atoms with van der Waals surface area (Å²) in [5.41, 5.74) is 3.04. The molecule has 0 aromatic rings. The Morgan fingerprint density at radius 2 is 1.52 bits per heavy atom. The fourth-order valence-electron chi connectivity index (χ4n) is 4.81. The lowest BCUT2D eigenvalue weighted by atomic mass is 9.80. The summed E-state index contributed by atoms with van der Waals surface area (Å²) in [5, 5.41) is 0. The maximum Gasteiger partial charge on any atom is 0.120 e. The van der Waals surface area contributed by atoms with Crippen molar-refractivity contribution in [2.75, 3.05) is 0 Å². The smallest absolute Gasteiger partial charge is 0.120 e. The summed E-state index contributed by atoms with van der Waals surface area (Å²) in [5.74, 6) is 2.09. The number of nitrogens with zero attached hydrogens (tertiary/aromatic N) is 1. The Kier molecular flexibility index (Phi) is 4.05. The van der Waals surface area contributed by atoms with E-state index in [1.807, 2.05) is 0 Å². The predicted molar refractivity (Wildman–Crippen MR) is 86.6 cm³/mol. The van der Waals surface area contributed by atoms with Gasteiger partial charge in [-0.1, -0.05) is 25.7 Å². The molecule has 2 nitrogen and oxygen atoms in total. The SMILES string of the molecule is C1CCC(C2=NC3CCCCC3OC3=C2CCCC3)CC1. The van der Waals surface area contributed by atoms with Gasteiger partial charge in [0.05, 0.1) is 6.04 Å². The maximum absolute atomic E-state index is 6.51. The number of aliphatic imine (C=N–C) groups is 1. The molecule has 116 valence electrons. The van der Waals surface area contributed by atoms with Gasteiger partial charge in [-0.25, -0.2) is 0 Å². The van der Waals surface area contributed by atoms with Gasteiger partial charge in [-0.3, -0.25) is 4.99 Å².